The van der Waals surface area contributed by atoms with Crippen LogP contribution >= 0.6 is 34.5 Å². The molecule has 2 N–H and O–H groups in total. The Balaban J connectivity index is 1.77. The zero-order valence-electron chi connectivity index (χ0n) is 18.6. The molecule has 0 aliphatic carbocycles. The molecule has 1 aromatic heterocycles. The van der Waals surface area contributed by atoms with Crippen LogP contribution in [-0.4, -0.2) is 34.0 Å². The number of thiazole rings is 1. The van der Waals surface area contributed by atoms with Gasteiger partial charge in [0, 0.05) is 11.1 Å². The van der Waals surface area contributed by atoms with Crippen LogP contribution in [0.25, 0.3) is 16.0 Å². The van der Waals surface area contributed by atoms with Crippen LogP contribution in [0, 0.1) is 11.6 Å². The second-order valence-corrected chi connectivity index (χ2v) is 9.81. The molecule has 0 bridgehead atoms. The van der Waals surface area contributed by atoms with Gasteiger partial charge in [-0.1, -0.05) is 46.7 Å². The summed E-state index contributed by atoms with van der Waals surface area (Å²) in [5.41, 5.74) is 0.0509. The highest BCUT2D eigenvalue weighted by atomic mass is 35.5. The van der Waals surface area contributed by atoms with Crippen molar-refractivity contribution in [2.24, 2.45) is 0 Å². The van der Waals surface area contributed by atoms with E-state index >= 15 is 0 Å². The van der Waals surface area contributed by atoms with E-state index in [4.69, 9.17) is 27.9 Å². The number of aliphatic hydroxyl groups is 1. The quantitative estimate of drug-likeness (QED) is 0.174. The maximum Gasteiger partial charge on any atom is 0.301 e. The average molecular weight is 563 g/mol. The molecular weight excluding hydrogens is 549 g/mol. The van der Waals surface area contributed by atoms with E-state index in [2.05, 4.69) is 4.98 Å². The summed E-state index contributed by atoms with van der Waals surface area (Å²) in [6.45, 7) is 0. The van der Waals surface area contributed by atoms with Gasteiger partial charge in [0.15, 0.2) is 16.8 Å². The Labute approximate surface area is 221 Å². The SMILES string of the molecule is COc1c(Cl)cc(Cl)cc1/C(O)=C1\C(=O)C(=O)N(c2nc3cc(F)c(F)cc3s2)C1c1ccc(O)cc1. The maximum atomic E-state index is 13.8. The molecular formula is C25H14Cl2F2N2O5S. The van der Waals surface area contributed by atoms with Gasteiger partial charge in [0.2, 0.25) is 0 Å². The third-order valence-electron chi connectivity index (χ3n) is 5.75. The van der Waals surface area contributed by atoms with E-state index in [0.717, 1.165) is 28.4 Å². The lowest BCUT2D eigenvalue weighted by Gasteiger charge is -2.23. The number of aliphatic hydroxyl groups excluding tert-OH is 1. The molecule has 1 aliphatic heterocycles. The molecule has 0 spiro atoms. The number of ketones is 1. The molecule has 12 heteroatoms. The number of hydrogen-bond acceptors (Lipinski definition) is 7. The number of anilines is 1. The second-order valence-electron chi connectivity index (χ2n) is 7.96. The highest BCUT2D eigenvalue weighted by Crippen LogP contribution is 2.46. The van der Waals surface area contributed by atoms with E-state index in [0.29, 0.717) is 5.56 Å². The average Bonchev–Trinajstić information content (AvgIpc) is 3.36. The van der Waals surface area contributed by atoms with Gasteiger partial charge in [0.25, 0.3) is 5.78 Å². The lowest BCUT2D eigenvalue weighted by Crippen LogP contribution is -2.29. The normalized spacial score (nSPS) is 17.1. The van der Waals surface area contributed by atoms with Crippen molar-refractivity contribution in [2.45, 2.75) is 6.04 Å². The number of nitrogens with zero attached hydrogens (tertiary/aromatic N) is 2. The first kappa shape index (κ1) is 24.9. The summed E-state index contributed by atoms with van der Waals surface area (Å²) in [6, 6.07) is 8.91. The molecule has 0 saturated carbocycles. The van der Waals surface area contributed by atoms with Gasteiger partial charge >= 0.3 is 5.91 Å². The number of amides is 1. The van der Waals surface area contributed by atoms with Crippen LogP contribution in [0.2, 0.25) is 10.0 Å². The Kier molecular flexibility index (Phi) is 6.26. The summed E-state index contributed by atoms with van der Waals surface area (Å²) in [5.74, 6) is -4.97. The molecule has 37 heavy (non-hydrogen) atoms. The number of rotatable bonds is 4. The number of phenolic OH excluding ortho intramolecular Hbond substituents is 1. The molecule has 1 atom stereocenters. The fraction of sp³-hybridized carbons (Fsp3) is 0.0800. The number of fused-ring (bicyclic) bond motifs is 1. The maximum absolute atomic E-state index is 13.8. The number of carbonyl (C=O) groups excluding carboxylic acids is 2. The third kappa shape index (κ3) is 4.16. The Morgan fingerprint density at radius 2 is 1.76 bits per heavy atom. The van der Waals surface area contributed by atoms with Gasteiger partial charge in [-0.15, -0.1) is 0 Å². The van der Waals surface area contributed by atoms with Crippen LogP contribution in [0.3, 0.4) is 0 Å². The predicted molar refractivity (Wildman–Crippen MR) is 135 cm³/mol. The predicted octanol–water partition coefficient (Wildman–Crippen LogP) is 6.22. The minimum Gasteiger partial charge on any atom is -0.508 e. The van der Waals surface area contributed by atoms with Gasteiger partial charge in [0.05, 0.1) is 39.5 Å². The number of methoxy groups -OCH3 is 1. The van der Waals surface area contributed by atoms with Crippen LogP contribution in [0.4, 0.5) is 13.9 Å². The van der Waals surface area contributed by atoms with Crippen molar-refractivity contribution in [2.75, 3.05) is 12.0 Å². The van der Waals surface area contributed by atoms with E-state index in [9.17, 15) is 28.6 Å². The van der Waals surface area contributed by atoms with Crippen LogP contribution in [0.1, 0.15) is 17.2 Å². The fourth-order valence-corrected chi connectivity index (χ4v) is 5.67. The van der Waals surface area contributed by atoms with E-state index < -0.39 is 35.1 Å². The van der Waals surface area contributed by atoms with E-state index in [1.807, 2.05) is 0 Å². The van der Waals surface area contributed by atoms with E-state index in [1.165, 1.54) is 43.5 Å². The van der Waals surface area contributed by atoms with Crippen LogP contribution < -0.4 is 9.64 Å². The summed E-state index contributed by atoms with van der Waals surface area (Å²) in [7, 11) is 1.31. The number of Topliss-reactive ketones (excluding diaryl/α,β-unsaturated/α-hetero) is 1. The second kappa shape index (κ2) is 9.29. The number of hydrogen-bond donors (Lipinski definition) is 2. The first-order chi connectivity index (χ1) is 17.6. The minimum atomic E-state index is -1.22. The summed E-state index contributed by atoms with van der Waals surface area (Å²) >= 11 is 13.2. The standard InChI is InChI=1S/C25H14Cl2F2N2O5S/c1-36-23-13(6-11(26)7-14(23)27)21(33)19-20(10-2-4-12(32)5-3-10)31(24(35)22(19)34)25-30-17-8-15(28)16(29)9-18(17)37-25/h2-9,20,32-33H,1H3/b21-19+. The van der Waals surface area contributed by atoms with Crippen LogP contribution in [-0.2, 0) is 9.59 Å². The van der Waals surface area contributed by atoms with E-state index in [-0.39, 0.29) is 48.0 Å². The van der Waals surface area contributed by atoms with Gasteiger partial charge in [0.1, 0.15) is 17.3 Å². The molecule has 1 unspecified atom stereocenters. The van der Waals surface area contributed by atoms with Gasteiger partial charge in [-0.05, 0) is 35.9 Å². The molecule has 2 heterocycles. The zero-order valence-corrected chi connectivity index (χ0v) is 21.0. The summed E-state index contributed by atoms with van der Waals surface area (Å²) < 4.78 is 33.2. The molecule has 0 radical (unpaired) electrons. The van der Waals surface area contributed by atoms with Crippen molar-refractivity contribution in [3.63, 3.8) is 0 Å². The largest absolute Gasteiger partial charge is 0.508 e. The van der Waals surface area contributed by atoms with Crippen molar-refractivity contribution in [3.05, 3.63) is 86.9 Å². The number of phenols is 1. The summed E-state index contributed by atoms with van der Waals surface area (Å²) in [6.07, 6.45) is 0. The third-order valence-corrected chi connectivity index (χ3v) is 7.26. The first-order valence-corrected chi connectivity index (χ1v) is 12.1. The number of benzene rings is 3. The molecule has 1 saturated heterocycles. The Bertz CT molecular complexity index is 1600. The zero-order chi connectivity index (χ0) is 26.6. The Hall–Kier alpha value is -3.73. The highest BCUT2D eigenvalue weighted by Gasteiger charge is 2.48. The van der Waals surface area contributed by atoms with Crippen LogP contribution in [0.15, 0.2) is 54.1 Å². The van der Waals surface area contributed by atoms with Crippen LogP contribution in [0.5, 0.6) is 11.5 Å². The molecule has 5 rings (SSSR count). The number of carbonyl (C=O) groups is 2. The monoisotopic (exact) mass is 562 g/mol. The fourth-order valence-electron chi connectivity index (χ4n) is 4.11. The number of aromatic nitrogens is 1. The first-order valence-electron chi connectivity index (χ1n) is 10.5. The molecule has 4 aromatic rings. The number of aromatic hydroxyl groups is 1. The van der Waals surface area contributed by atoms with Gasteiger partial charge in [-0.3, -0.25) is 14.5 Å². The van der Waals surface area contributed by atoms with Crippen molar-refractivity contribution in [1.29, 1.82) is 0 Å². The number of ether oxygens (including phenoxy) is 1. The van der Waals surface area contributed by atoms with Crippen molar-refractivity contribution in [1.82, 2.24) is 4.98 Å². The molecule has 1 amide bonds. The summed E-state index contributed by atoms with van der Waals surface area (Å²) in [5, 5.41) is 21.3. The van der Waals surface area contributed by atoms with Gasteiger partial charge < -0.3 is 14.9 Å². The lowest BCUT2D eigenvalue weighted by atomic mass is 9.95. The van der Waals surface area contributed by atoms with Crippen molar-refractivity contribution < 1.29 is 33.3 Å². The minimum absolute atomic E-state index is 0.0187. The van der Waals surface area contributed by atoms with Gasteiger partial charge in [-0.2, -0.15) is 0 Å². The van der Waals surface area contributed by atoms with Crippen molar-refractivity contribution >= 4 is 67.3 Å². The van der Waals surface area contributed by atoms with E-state index in [1.54, 1.807) is 0 Å². The number of halogens is 4. The molecule has 3 aromatic carbocycles. The van der Waals surface area contributed by atoms with Crippen molar-refractivity contribution in [3.8, 4) is 11.5 Å². The molecule has 7 nitrogen and oxygen atoms in total. The van der Waals surface area contributed by atoms with Gasteiger partial charge in [-0.25, -0.2) is 13.8 Å². The lowest BCUT2D eigenvalue weighted by molar-refractivity contribution is -0.132. The topological polar surface area (TPSA) is 100.0 Å². The Morgan fingerprint density at radius 3 is 2.43 bits per heavy atom. The molecule has 1 aliphatic rings. The molecule has 188 valence electrons. The summed E-state index contributed by atoms with van der Waals surface area (Å²) in [4.78, 5) is 31.9. The Morgan fingerprint density at radius 1 is 1.08 bits per heavy atom. The molecule has 1 fully saturated rings. The smallest absolute Gasteiger partial charge is 0.301 e. The highest BCUT2D eigenvalue weighted by molar-refractivity contribution is 7.22.